The van der Waals surface area contributed by atoms with Gasteiger partial charge in [-0.15, -0.1) is 0 Å². The maximum absolute atomic E-state index is 5.34. The number of hydrogen-bond donors (Lipinski definition) is 0. The molecule has 0 aromatic carbocycles. The number of aryl methyl sites for hydroxylation is 2. The molecule has 0 spiro atoms. The Morgan fingerprint density at radius 2 is 2.25 bits per heavy atom. The molecule has 12 heavy (non-hydrogen) atoms. The molecule has 4 nitrogen and oxygen atoms in total. The molecule has 2 heterocycles. The van der Waals surface area contributed by atoms with Crippen molar-refractivity contribution in [1.29, 1.82) is 0 Å². The molecule has 0 unspecified atom stereocenters. The molecule has 62 valence electrons. The molecule has 0 fully saturated rings. The number of rotatable bonds is 1. The predicted octanol–water partition coefficient (Wildman–Crippen LogP) is 1.38. The van der Waals surface area contributed by atoms with Crippen molar-refractivity contribution >= 4 is 0 Å². The average Bonchev–Trinajstić information content (AvgIpc) is 2.58. The first-order chi connectivity index (χ1) is 5.77. The lowest BCUT2D eigenvalue weighted by molar-refractivity contribution is 0.530. The Kier molecular flexibility index (Phi) is 1.46. The Balaban J connectivity index is 2.50. The molecule has 0 amide bonds. The summed E-state index contributed by atoms with van der Waals surface area (Å²) in [6.45, 7) is 1.82. The molecule has 0 saturated carbocycles. The van der Waals surface area contributed by atoms with Gasteiger partial charge in [0.15, 0.2) is 11.7 Å². The summed E-state index contributed by atoms with van der Waals surface area (Å²) in [6.07, 6.45) is 5.18. The lowest BCUT2D eigenvalue weighted by Gasteiger charge is -1.94. The van der Waals surface area contributed by atoms with Crippen LogP contribution in [0.1, 0.15) is 5.89 Å². The minimum absolute atomic E-state index is 0.672. The van der Waals surface area contributed by atoms with Crippen LogP contribution in [0.5, 0.6) is 0 Å². The zero-order valence-electron chi connectivity index (χ0n) is 6.98. The maximum atomic E-state index is 5.34. The van der Waals surface area contributed by atoms with Gasteiger partial charge in [-0.2, -0.15) is 0 Å². The van der Waals surface area contributed by atoms with E-state index < -0.39 is 0 Å². The van der Waals surface area contributed by atoms with Crippen LogP contribution < -0.4 is 0 Å². The molecular formula is C8H9N3O. The summed E-state index contributed by atoms with van der Waals surface area (Å²) in [4.78, 5) is 7.99. The molecule has 2 aromatic rings. The van der Waals surface area contributed by atoms with Gasteiger partial charge in [0.25, 0.3) is 0 Å². The van der Waals surface area contributed by atoms with Crippen LogP contribution in [0.15, 0.2) is 23.1 Å². The van der Waals surface area contributed by atoms with E-state index in [1.807, 2.05) is 18.5 Å². The van der Waals surface area contributed by atoms with E-state index in [1.54, 1.807) is 18.7 Å². The van der Waals surface area contributed by atoms with Crippen LogP contribution in [0.4, 0.5) is 0 Å². The summed E-state index contributed by atoms with van der Waals surface area (Å²) >= 11 is 0. The van der Waals surface area contributed by atoms with Crippen molar-refractivity contribution in [3.63, 3.8) is 0 Å². The van der Waals surface area contributed by atoms with Gasteiger partial charge in [0.2, 0.25) is 0 Å². The van der Waals surface area contributed by atoms with Gasteiger partial charge in [0.1, 0.15) is 5.69 Å². The van der Waals surface area contributed by atoms with Crippen LogP contribution in [-0.4, -0.2) is 14.5 Å². The molecule has 0 aliphatic carbocycles. The van der Waals surface area contributed by atoms with Gasteiger partial charge in [0.05, 0.1) is 18.7 Å². The van der Waals surface area contributed by atoms with Gasteiger partial charge in [-0.1, -0.05) is 0 Å². The van der Waals surface area contributed by atoms with E-state index >= 15 is 0 Å². The molecule has 0 aliphatic heterocycles. The molecule has 2 aromatic heterocycles. The van der Waals surface area contributed by atoms with Crippen LogP contribution in [0.25, 0.3) is 11.5 Å². The van der Waals surface area contributed by atoms with E-state index in [1.165, 1.54) is 0 Å². The van der Waals surface area contributed by atoms with Crippen molar-refractivity contribution in [3.8, 4) is 11.5 Å². The first kappa shape index (κ1) is 7.09. The molecule has 0 atom stereocenters. The lowest BCUT2D eigenvalue weighted by atomic mass is 10.4. The zero-order valence-corrected chi connectivity index (χ0v) is 6.98. The lowest BCUT2D eigenvalue weighted by Crippen LogP contribution is -1.86. The van der Waals surface area contributed by atoms with E-state index in [2.05, 4.69) is 9.97 Å². The Morgan fingerprint density at radius 3 is 2.75 bits per heavy atom. The third-order valence-corrected chi connectivity index (χ3v) is 1.69. The van der Waals surface area contributed by atoms with Gasteiger partial charge in [-0.25, -0.2) is 9.97 Å². The fraction of sp³-hybridized carbons (Fsp3) is 0.250. The number of oxazole rings is 1. The SMILES string of the molecule is Cc1ncc(-c2cncn2C)o1. The second-order valence-corrected chi connectivity index (χ2v) is 2.63. The van der Waals surface area contributed by atoms with Gasteiger partial charge >= 0.3 is 0 Å². The van der Waals surface area contributed by atoms with Crippen molar-refractivity contribution in [2.24, 2.45) is 7.05 Å². The van der Waals surface area contributed by atoms with E-state index in [0.717, 1.165) is 11.5 Å². The third kappa shape index (κ3) is 1.01. The highest BCUT2D eigenvalue weighted by Crippen LogP contribution is 2.18. The normalized spacial score (nSPS) is 10.5. The van der Waals surface area contributed by atoms with Crippen LogP contribution in [0.3, 0.4) is 0 Å². The minimum Gasteiger partial charge on any atom is -0.439 e. The van der Waals surface area contributed by atoms with Crippen molar-refractivity contribution in [2.45, 2.75) is 6.92 Å². The smallest absolute Gasteiger partial charge is 0.191 e. The molecule has 2 rings (SSSR count). The van der Waals surface area contributed by atoms with E-state index in [9.17, 15) is 0 Å². The average molecular weight is 163 g/mol. The van der Waals surface area contributed by atoms with E-state index in [-0.39, 0.29) is 0 Å². The molecule has 0 bridgehead atoms. The summed E-state index contributed by atoms with van der Waals surface area (Å²) < 4.78 is 7.23. The Morgan fingerprint density at radius 1 is 1.42 bits per heavy atom. The summed E-state index contributed by atoms with van der Waals surface area (Å²) in [5, 5.41) is 0. The molecule has 0 N–H and O–H groups in total. The zero-order chi connectivity index (χ0) is 8.55. The molecule has 0 aliphatic rings. The number of aromatic nitrogens is 3. The minimum atomic E-state index is 0.672. The highest BCUT2D eigenvalue weighted by Gasteiger charge is 2.06. The van der Waals surface area contributed by atoms with E-state index in [0.29, 0.717) is 5.89 Å². The second kappa shape index (κ2) is 2.48. The summed E-state index contributed by atoms with van der Waals surface area (Å²) in [6, 6.07) is 0. The monoisotopic (exact) mass is 163 g/mol. The van der Waals surface area contributed by atoms with Gasteiger partial charge < -0.3 is 8.98 Å². The number of hydrogen-bond acceptors (Lipinski definition) is 3. The second-order valence-electron chi connectivity index (χ2n) is 2.63. The maximum Gasteiger partial charge on any atom is 0.191 e. The van der Waals surface area contributed by atoms with E-state index in [4.69, 9.17) is 4.42 Å². The topological polar surface area (TPSA) is 43.9 Å². The molecular weight excluding hydrogens is 154 g/mol. The van der Waals surface area contributed by atoms with Crippen molar-refractivity contribution in [1.82, 2.24) is 14.5 Å². The van der Waals surface area contributed by atoms with Crippen LogP contribution in [0.2, 0.25) is 0 Å². The van der Waals surface area contributed by atoms with Crippen molar-refractivity contribution < 1.29 is 4.42 Å². The van der Waals surface area contributed by atoms with Crippen LogP contribution in [-0.2, 0) is 7.05 Å². The fourth-order valence-electron chi connectivity index (χ4n) is 1.07. The summed E-state index contributed by atoms with van der Waals surface area (Å²) in [7, 11) is 1.92. The summed E-state index contributed by atoms with van der Waals surface area (Å²) in [5.74, 6) is 1.43. The van der Waals surface area contributed by atoms with Crippen LogP contribution >= 0.6 is 0 Å². The highest BCUT2D eigenvalue weighted by atomic mass is 16.4. The highest BCUT2D eigenvalue weighted by molar-refractivity contribution is 5.49. The quantitative estimate of drug-likeness (QED) is 0.638. The predicted molar refractivity (Wildman–Crippen MR) is 43.4 cm³/mol. The van der Waals surface area contributed by atoms with Crippen LogP contribution in [0, 0.1) is 6.92 Å². The molecule has 4 heteroatoms. The standard InChI is InChI=1S/C8H9N3O/c1-6-10-4-8(12-6)7-3-9-5-11(7)2/h3-5H,1-2H3. The molecule has 0 radical (unpaired) electrons. The Hall–Kier alpha value is -1.58. The van der Waals surface area contributed by atoms with Gasteiger partial charge in [-0.3, -0.25) is 0 Å². The van der Waals surface area contributed by atoms with Gasteiger partial charge in [0, 0.05) is 14.0 Å². The number of nitrogens with zero attached hydrogens (tertiary/aromatic N) is 3. The Bertz CT molecular complexity index is 388. The first-order valence-electron chi connectivity index (χ1n) is 3.66. The molecule has 0 saturated heterocycles. The van der Waals surface area contributed by atoms with Crippen molar-refractivity contribution in [3.05, 3.63) is 24.6 Å². The first-order valence-corrected chi connectivity index (χ1v) is 3.66. The van der Waals surface area contributed by atoms with Crippen molar-refractivity contribution in [2.75, 3.05) is 0 Å². The largest absolute Gasteiger partial charge is 0.439 e. The number of imidazole rings is 1. The van der Waals surface area contributed by atoms with Gasteiger partial charge in [-0.05, 0) is 0 Å². The Labute approximate surface area is 69.9 Å². The third-order valence-electron chi connectivity index (χ3n) is 1.69. The fourth-order valence-corrected chi connectivity index (χ4v) is 1.07. The summed E-state index contributed by atoms with van der Waals surface area (Å²) in [5.41, 5.74) is 0.940.